The second kappa shape index (κ2) is 10.5. The van der Waals surface area contributed by atoms with Gasteiger partial charge in [0.2, 0.25) is 0 Å². The van der Waals surface area contributed by atoms with Crippen LogP contribution in [0, 0.1) is 0 Å². The summed E-state index contributed by atoms with van der Waals surface area (Å²) in [6.45, 7) is 2.71. The lowest BCUT2D eigenvalue weighted by Crippen LogP contribution is -2.27. The lowest BCUT2D eigenvalue weighted by atomic mass is 10.1. The molecule has 186 valence electrons. The molecule has 0 aliphatic carbocycles. The van der Waals surface area contributed by atoms with E-state index in [1.165, 1.54) is 37.3 Å². The molecule has 34 heavy (non-hydrogen) atoms. The fourth-order valence-electron chi connectivity index (χ4n) is 3.72. The number of sulfone groups is 1. The minimum Gasteiger partial charge on any atom is -0.405 e. The van der Waals surface area contributed by atoms with Gasteiger partial charge in [-0.25, -0.2) is 8.42 Å². The van der Waals surface area contributed by atoms with E-state index >= 15 is 0 Å². The van der Waals surface area contributed by atoms with Gasteiger partial charge in [-0.05, 0) is 42.3 Å². The highest BCUT2D eigenvalue weighted by atomic mass is 35.5. The van der Waals surface area contributed by atoms with Gasteiger partial charge in [-0.3, -0.25) is 9.69 Å². The van der Waals surface area contributed by atoms with Crippen LogP contribution in [0.5, 0.6) is 5.75 Å². The van der Waals surface area contributed by atoms with Crippen LogP contribution < -0.4 is 15.8 Å². The SMILES string of the molecule is CCS(=O)(=O)c1ccc(Cl)cc1CNC(=O)c1ccc(CN2CCC(N)C2)c(OC(F)(F)F)c1. The number of alkyl halides is 3. The molecule has 1 aliphatic rings. The number of carbonyl (C=O) groups is 1. The number of nitrogens with one attached hydrogen (secondary N) is 1. The third-order valence-corrected chi connectivity index (χ3v) is 7.50. The van der Waals surface area contributed by atoms with E-state index in [4.69, 9.17) is 17.3 Å². The van der Waals surface area contributed by atoms with Gasteiger partial charge in [0.1, 0.15) is 5.75 Å². The van der Waals surface area contributed by atoms with Gasteiger partial charge in [-0.2, -0.15) is 0 Å². The van der Waals surface area contributed by atoms with E-state index in [1.807, 2.05) is 4.90 Å². The molecule has 1 atom stereocenters. The number of halogens is 4. The molecular weight excluding hydrogens is 495 g/mol. The van der Waals surface area contributed by atoms with Crippen LogP contribution in [0.15, 0.2) is 41.3 Å². The third-order valence-electron chi connectivity index (χ3n) is 5.43. The molecule has 0 radical (unpaired) electrons. The fraction of sp³-hybridized carbons (Fsp3) is 0.409. The minimum atomic E-state index is -4.94. The van der Waals surface area contributed by atoms with Crippen molar-refractivity contribution in [3.05, 3.63) is 58.1 Å². The maximum Gasteiger partial charge on any atom is 0.573 e. The second-order valence-electron chi connectivity index (χ2n) is 7.99. The predicted molar refractivity (Wildman–Crippen MR) is 121 cm³/mol. The quantitative estimate of drug-likeness (QED) is 0.553. The molecule has 1 saturated heterocycles. The van der Waals surface area contributed by atoms with Crippen molar-refractivity contribution in [1.29, 1.82) is 0 Å². The molecule has 1 unspecified atom stereocenters. The van der Waals surface area contributed by atoms with Crippen molar-refractivity contribution in [1.82, 2.24) is 10.2 Å². The second-order valence-corrected chi connectivity index (χ2v) is 10.7. The van der Waals surface area contributed by atoms with Gasteiger partial charge in [-0.1, -0.05) is 24.6 Å². The molecular formula is C22H25ClF3N3O4S. The molecule has 1 amide bonds. The van der Waals surface area contributed by atoms with Crippen molar-refractivity contribution in [2.24, 2.45) is 5.73 Å². The number of hydrogen-bond donors (Lipinski definition) is 2. The van der Waals surface area contributed by atoms with E-state index < -0.39 is 27.9 Å². The van der Waals surface area contributed by atoms with Crippen LogP contribution in [0.3, 0.4) is 0 Å². The molecule has 12 heteroatoms. The maximum absolute atomic E-state index is 13.0. The molecule has 3 N–H and O–H groups in total. The number of carbonyl (C=O) groups excluding carboxylic acids is 1. The molecule has 1 aliphatic heterocycles. The number of nitrogens with two attached hydrogens (primary N) is 1. The van der Waals surface area contributed by atoms with Gasteiger partial charge in [0.25, 0.3) is 5.91 Å². The summed E-state index contributed by atoms with van der Waals surface area (Å²) >= 11 is 5.98. The molecule has 0 bridgehead atoms. The van der Waals surface area contributed by atoms with E-state index in [0.717, 1.165) is 12.5 Å². The van der Waals surface area contributed by atoms with Gasteiger partial charge in [0.05, 0.1) is 10.6 Å². The number of rotatable bonds is 8. The summed E-state index contributed by atoms with van der Waals surface area (Å²) in [5, 5.41) is 2.83. The van der Waals surface area contributed by atoms with Crippen molar-refractivity contribution in [3.8, 4) is 5.75 Å². The number of benzene rings is 2. The van der Waals surface area contributed by atoms with E-state index in [-0.39, 0.29) is 51.5 Å². The first-order chi connectivity index (χ1) is 15.9. The normalized spacial score (nSPS) is 17.1. The van der Waals surface area contributed by atoms with E-state index in [9.17, 15) is 26.4 Å². The first kappa shape index (κ1) is 26.3. The van der Waals surface area contributed by atoms with Crippen molar-refractivity contribution >= 4 is 27.3 Å². The molecule has 0 aromatic heterocycles. The van der Waals surface area contributed by atoms with Crippen LogP contribution in [0.2, 0.25) is 5.02 Å². The predicted octanol–water partition coefficient (Wildman–Crippen LogP) is 3.50. The minimum absolute atomic E-state index is 0.0277. The Kier molecular flexibility index (Phi) is 8.12. The van der Waals surface area contributed by atoms with Crippen LogP contribution >= 0.6 is 11.6 Å². The van der Waals surface area contributed by atoms with Gasteiger partial charge in [0.15, 0.2) is 9.84 Å². The number of amides is 1. The average Bonchev–Trinajstić information content (AvgIpc) is 3.16. The Hall–Kier alpha value is -2.34. The van der Waals surface area contributed by atoms with E-state index in [0.29, 0.717) is 13.1 Å². The van der Waals surface area contributed by atoms with Crippen LogP contribution in [0.25, 0.3) is 0 Å². The lowest BCUT2D eigenvalue weighted by Gasteiger charge is -2.19. The summed E-state index contributed by atoms with van der Waals surface area (Å²) in [6, 6.07) is 8.00. The number of hydrogen-bond acceptors (Lipinski definition) is 6. The molecule has 0 saturated carbocycles. The molecule has 0 spiro atoms. The van der Waals surface area contributed by atoms with E-state index in [2.05, 4.69) is 10.1 Å². The van der Waals surface area contributed by atoms with Crippen molar-refractivity contribution < 1.29 is 31.1 Å². The number of likely N-dealkylation sites (tertiary alicyclic amines) is 1. The highest BCUT2D eigenvalue weighted by molar-refractivity contribution is 7.91. The summed E-state index contributed by atoms with van der Waals surface area (Å²) in [5.74, 6) is -1.31. The first-order valence-corrected chi connectivity index (χ1v) is 12.6. The Morgan fingerprint density at radius 1 is 1.24 bits per heavy atom. The number of nitrogens with zero attached hydrogens (tertiary/aromatic N) is 1. The Bertz CT molecular complexity index is 1160. The van der Waals surface area contributed by atoms with Crippen LogP contribution in [-0.2, 0) is 22.9 Å². The maximum atomic E-state index is 13.0. The van der Waals surface area contributed by atoms with Crippen LogP contribution in [0.1, 0.15) is 34.8 Å². The molecule has 1 heterocycles. The fourth-order valence-corrected chi connectivity index (χ4v) is 5.03. The number of ether oxygens (including phenoxy) is 1. The highest BCUT2D eigenvalue weighted by Crippen LogP contribution is 2.29. The smallest absolute Gasteiger partial charge is 0.405 e. The summed E-state index contributed by atoms with van der Waals surface area (Å²) in [5.41, 5.74) is 6.35. The van der Waals surface area contributed by atoms with Crippen LogP contribution in [-0.4, -0.2) is 50.5 Å². The molecule has 1 fully saturated rings. The zero-order valence-electron chi connectivity index (χ0n) is 18.4. The molecule has 2 aromatic carbocycles. The topological polar surface area (TPSA) is 102 Å². The van der Waals surface area contributed by atoms with Crippen molar-refractivity contribution in [3.63, 3.8) is 0 Å². The largest absolute Gasteiger partial charge is 0.573 e. The lowest BCUT2D eigenvalue weighted by molar-refractivity contribution is -0.275. The standard InChI is InChI=1S/C22H25ClF3N3O4S/c1-2-34(31,32)20-6-5-17(23)9-16(20)11-28-21(30)14-3-4-15(12-29-8-7-18(27)13-29)19(10-14)33-22(24,25)26/h3-6,9-10,18H,2,7-8,11-13,27H2,1H3,(H,28,30). The van der Waals surface area contributed by atoms with Gasteiger partial charge in [-0.15, -0.1) is 13.2 Å². The summed E-state index contributed by atoms with van der Waals surface area (Å²) in [7, 11) is -3.57. The zero-order valence-corrected chi connectivity index (χ0v) is 19.9. The molecule has 7 nitrogen and oxygen atoms in total. The average molecular weight is 520 g/mol. The van der Waals surface area contributed by atoms with Gasteiger partial charge in [0, 0.05) is 48.4 Å². The third kappa shape index (κ3) is 6.84. The molecule has 2 aromatic rings. The van der Waals surface area contributed by atoms with Gasteiger partial charge < -0.3 is 15.8 Å². The van der Waals surface area contributed by atoms with Crippen LogP contribution in [0.4, 0.5) is 13.2 Å². The summed E-state index contributed by atoms with van der Waals surface area (Å²) in [4.78, 5) is 14.6. The van der Waals surface area contributed by atoms with Gasteiger partial charge >= 0.3 is 6.36 Å². The Morgan fingerprint density at radius 3 is 2.59 bits per heavy atom. The zero-order chi connectivity index (χ0) is 25.1. The Balaban J connectivity index is 1.81. The highest BCUT2D eigenvalue weighted by Gasteiger charge is 2.33. The van der Waals surface area contributed by atoms with Crippen molar-refractivity contribution in [2.75, 3.05) is 18.8 Å². The van der Waals surface area contributed by atoms with E-state index in [1.54, 1.807) is 0 Å². The Morgan fingerprint density at radius 2 is 1.97 bits per heavy atom. The molecule has 3 rings (SSSR count). The monoisotopic (exact) mass is 519 g/mol. The Labute approximate surface area is 200 Å². The summed E-state index contributed by atoms with van der Waals surface area (Å²) < 4.78 is 67.9. The van der Waals surface area contributed by atoms with Crippen molar-refractivity contribution in [2.45, 2.75) is 43.7 Å². The summed E-state index contributed by atoms with van der Waals surface area (Å²) in [6.07, 6.45) is -4.19. The first-order valence-electron chi connectivity index (χ1n) is 10.5.